The predicted molar refractivity (Wildman–Crippen MR) is 90.7 cm³/mol. The van der Waals surface area contributed by atoms with Gasteiger partial charge >= 0.3 is 0 Å². The number of amides is 2. The van der Waals surface area contributed by atoms with Crippen LogP contribution in [0.1, 0.15) is 20.8 Å². The first-order chi connectivity index (χ1) is 11.4. The molecule has 5 nitrogen and oxygen atoms in total. The average molecular weight is 325 g/mol. The molecule has 0 atom stereocenters. The first-order valence-electron chi connectivity index (χ1n) is 7.35. The topological polar surface area (TPSA) is 65.2 Å². The van der Waals surface area contributed by atoms with E-state index in [0.717, 1.165) is 0 Å². The van der Waals surface area contributed by atoms with Crippen LogP contribution in [0.25, 0.3) is 10.9 Å². The molecule has 0 fully saturated rings. The summed E-state index contributed by atoms with van der Waals surface area (Å²) in [6.45, 7) is 0. The summed E-state index contributed by atoms with van der Waals surface area (Å²) in [4.78, 5) is 28.7. The van der Waals surface area contributed by atoms with Crippen molar-refractivity contribution in [3.63, 3.8) is 0 Å². The molecule has 0 spiro atoms. The highest BCUT2D eigenvalue weighted by molar-refractivity contribution is 6.06. The highest BCUT2D eigenvalue weighted by atomic mass is 19.1. The maximum atomic E-state index is 13.2. The second-order valence-corrected chi connectivity index (χ2v) is 5.65. The monoisotopic (exact) mass is 325 g/mol. The molecule has 122 valence electrons. The van der Waals surface area contributed by atoms with Crippen molar-refractivity contribution in [1.29, 1.82) is 0 Å². The molecule has 0 aliphatic carbocycles. The Morgan fingerprint density at radius 1 is 1.08 bits per heavy atom. The van der Waals surface area contributed by atoms with E-state index in [1.54, 1.807) is 50.5 Å². The van der Waals surface area contributed by atoms with Crippen LogP contribution < -0.4 is 5.32 Å². The van der Waals surface area contributed by atoms with Crippen LogP contribution in [-0.2, 0) is 0 Å². The van der Waals surface area contributed by atoms with Gasteiger partial charge < -0.3 is 15.2 Å². The second-order valence-electron chi connectivity index (χ2n) is 5.65. The lowest BCUT2D eigenvalue weighted by atomic mass is 10.2. The number of H-pyrrole nitrogens is 1. The van der Waals surface area contributed by atoms with Gasteiger partial charge in [0.1, 0.15) is 11.5 Å². The summed E-state index contributed by atoms with van der Waals surface area (Å²) in [6, 6.07) is 12.6. The summed E-state index contributed by atoms with van der Waals surface area (Å²) in [7, 11) is 3.33. The van der Waals surface area contributed by atoms with Crippen LogP contribution in [-0.4, -0.2) is 35.8 Å². The maximum absolute atomic E-state index is 13.2. The van der Waals surface area contributed by atoms with Gasteiger partial charge in [-0.3, -0.25) is 9.59 Å². The number of nitrogens with one attached hydrogen (secondary N) is 2. The number of rotatable bonds is 3. The number of aromatic nitrogens is 1. The maximum Gasteiger partial charge on any atom is 0.272 e. The molecule has 0 aliphatic heterocycles. The molecule has 6 heteroatoms. The molecular weight excluding hydrogens is 309 g/mol. The van der Waals surface area contributed by atoms with Gasteiger partial charge in [-0.1, -0.05) is 6.07 Å². The predicted octanol–water partition coefficient (Wildman–Crippen LogP) is 3.26. The Bertz CT molecular complexity index is 931. The Morgan fingerprint density at radius 3 is 2.62 bits per heavy atom. The molecule has 0 aliphatic rings. The third-order valence-corrected chi connectivity index (χ3v) is 3.60. The standard InChI is InChI=1S/C18H16FN3O2/c1-22(2)18(24)11-4-3-5-14(9-11)20-17(23)16-10-12-8-13(19)6-7-15(12)21-16/h3-10,21H,1-2H3,(H,20,23). The second kappa shape index (κ2) is 6.16. The minimum absolute atomic E-state index is 0.146. The van der Waals surface area contributed by atoms with Crippen molar-refractivity contribution in [3.05, 3.63) is 65.6 Å². The molecule has 2 amide bonds. The normalized spacial score (nSPS) is 10.6. The summed E-state index contributed by atoms with van der Waals surface area (Å²) < 4.78 is 13.2. The van der Waals surface area contributed by atoms with E-state index in [4.69, 9.17) is 0 Å². The number of nitrogens with zero attached hydrogens (tertiary/aromatic N) is 1. The number of fused-ring (bicyclic) bond motifs is 1. The zero-order valence-corrected chi connectivity index (χ0v) is 13.3. The van der Waals surface area contributed by atoms with Gasteiger partial charge in [0.15, 0.2) is 0 Å². The molecule has 2 N–H and O–H groups in total. The van der Waals surface area contributed by atoms with Crippen molar-refractivity contribution >= 4 is 28.4 Å². The summed E-state index contributed by atoms with van der Waals surface area (Å²) in [5.74, 6) is -0.864. The SMILES string of the molecule is CN(C)C(=O)c1cccc(NC(=O)c2cc3cc(F)ccc3[nH]2)c1. The van der Waals surface area contributed by atoms with Gasteiger partial charge in [-0.2, -0.15) is 0 Å². The quantitative estimate of drug-likeness (QED) is 0.776. The molecule has 3 aromatic rings. The van der Waals surface area contributed by atoms with Crippen molar-refractivity contribution in [2.75, 3.05) is 19.4 Å². The molecule has 0 unspecified atom stereocenters. The van der Waals surface area contributed by atoms with E-state index >= 15 is 0 Å². The van der Waals surface area contributed by atoms with Crippen LogP contribution in [0, 0.1) is 5.82 Å². The number of halogens is 1. The molecule has 3 rings (SSSR count). The molecule has 0 saturated carbocycles. The Balaban J connectivity index is 1.83. The van der Waals surface area contributed by atoms with Gasteiger partial charge in [0, 0.05) is 36.2 Å². The van der Waals surface area contributed by atoms with Crippen molar-refractivity contribution in [2.45, 2.75) is 0 Å². The van der Waals surface area contributed by atoms with Gasteiger partial charge in [0.05, 0.1) is 0 Å². The average Bonchev–Trinajstić information content (AvgIpc) is 2.97. The number of hydrogen-bond acceptors (Lipinski definition) is 2. The Labute approximate surface area is 138 Å². The minimum atomic E-state index is -0.360. The minimum Gasteiger partial charge on any atom is -0.351 e. The van der Waals surface area contributed by atoms with Gasteiger partial charge in [-0.25, -0.2) is 4.39 Å². The smallest absolute Gasteiger partial charge is 0.272 e. The summed E-state index contributed by atoms with van der Waals surface area (Å²) >= 11 is 0. The van der Waals surface area contributed by atoms with Crippen LogP contribution in [0.15, 0.2) is 48.5 Å². The fourth-order valence-corrected chi connectivity index (χ4v) is 2.41. The van der Waals surface area contributed by atoms with E-state index in [1.807, 2.05) is 0 Å². The van der Waals surface area contributed by atoms with Crippen LogP contribution in [0.5, 0.6) is 0 Å². The van der Waals surface area contributed by atoms with Gasteiger partial charge in [-0.05, 0) is 42.5 Å². The summed E-state index contributed by atoms with van der Waals surface area (Å²) in [6.07, 6.45) is 0. The molecule has 1 aromatic heterocycles. The zero-order chi connectivity index (χ0) is 17.3. The molecule has 0 radical (unpaired) electrons. The van der Waals surface area contributed by atoms with Gasteiger partial charge in [0.2, 0.25) is 0 Å². The number of hydrogen-bond donors (Lipinski definition) is 2. The number of anilines is 1. The summed E-state index contributed by atoms with van der Waals surface area (Å²) in [5, 5.41) is 3.36. The van der Waals surface area contributed by atoms with Crippen molar-refractivity contribution < 1.29 is 14.0 Å². The van der Waals surface area contributed by atoms with Crippen molar-refractivity contribution in [2.24, 2.45) is 0 Å². The molecule has 0 bridgehead atoms. The molecule has 2 aromatic carbocycles. The fourth-order valence-electron chi connectivity index (χ4n) is 2.41. The van der Waals surface area contributed by atoms with Gasteiger partial charge in [0.25, 0.3) is 11.8 Å². The van der Waals surface area contributed by atoms with Crippen molar-refractivity contribution in [3.8, 4) is 0 Å². The van der Waals surface area contributed by atoms with E-state index in [0.29, 0.717) is 27.8 Å². The molecule has 1 heterocycles. The highest BCUT2D eigenvalue weighted by Gasteiger charge is 2.12. The lowest BCUT2D eigenvalue weighted by Crippen LogP contribution is -2.22. The number of aromatic amines is 1. The largest absolute Gasteiger partial charge is 0.351 e. The van der Waals surface area contributed by atoms with E-state index < -0.39 is 0 Å². The first-order valence-corrected chi connectivity index (χ1v) is 7.35. The number of benzene rings is 2. The first kappa shape index (κ1) is 15.7. The Kier molecular flexibility index (Phi) is 4.04. The van der Waals surface area contributed by atoms with Crippen molar-refractivity contribution in [1.82, 2.24) is 9.88 Å². The van der Waals surface area contributed by atoms with Crippen LogP contribution >= 0.6 is 0 Å². The van der Waals surface area contributed by atoms with E-state index in [1.165, 1.54) is 17.0 Å². The highest BCUT2D eigenvalue weighted by Crippen LogP contribution is 2.18. The van der Waals surface area contributed by atoms with Crippen LogP contribution in [0.2, 0.25) is 0 Å². The third-order valence-electron chi connectivity index (χ3n) is 3.60. The summed E-state index contributed by atoms with van der Waals surface area (Å²) in [5.41, 5.74) is 1.99. The van der Waals surface area contributed by atoms with Crippen LogP contribution in [0.4, 0.5) is 10.1 Å². The van der Waals surface area contributed by atoms with E-state index in [-0.39, 0.29) is 17.6 Å². The van der Waals surface area contributed by atoms with Crippen LogP contribution in [0.3, 0.4) is 0 Å². The number of carbonyl (C=O) groups is 2. The van der Waals surface area contributed by atoms with E-state index in [9.17, 15) is 14.0 Å². The Morgan fingerprint density at radius 2 is 1.88 bits per heavy atom. The molecular formula is C18H16FN3O2. The lowest BCUT2D eigenvalue weighted by Gasteiger charge is -2.11. The fraction of sp³-hybridized carbons (Fsp3) is 0.111. The lowest BCUT2D eigenvalue weighted by molar-refractivity contribution is 0.0827. The third kappa shape index (κ3) is 3.12. The Hall–Kier alpha value is -3.15. The van der Waals surface area contributed by atoms with Gasteiger partial charge in [-0.15, -0.1) is 0 Å². The zero-order valence-electron chi connectivity index (χ0n) is 13.3. The van der Waals surface area contributed by atoms with E-state index in [2.05, 4.69) is 10.3 Å². The molecule has 24 heavy (non-hydrogen) atoms. The molecule has 0 saturated heterocycles. The number of carbonyl (C=O) groups excluding carboxylic acids is 2.